The van der Waals surface area contributed by atoms with Gasteiger partial charge in [-0.1, -0.05) is 13.3 Å². The predicted molar refractivity (Wildman–Crippen MR) is 46.6 cm³/mol. The molecule has 0 aliphatic carbocycles. The zero-order chi connectivity index (χ0) is 9.23. The van der Waals surface area contributed by atoms with Gasteiger partial charge in [0.2, 0.25) is 0 Å². The average molecular weight is 335 g/mol. The van der Waals surface area contributed by atoms with Crippen molar-refractivity contribution in [2.75, 3.05) is 19.7 Å². The quantitative estimate of drug-likeness (QED) is 0.392. The van der Waals surface area contributed by atoms with Gasteiger partial charge >= 0.3 is 8.25 Å². The van der Waals surface area contributed by atoms with Crippen molar-refractivity contribution < 1.29 is 55.5 Å². The fourth-order valence-electron chi connectivity index (χ4n) is 0.467. The molecule has 76 valence electrons. The van der Waals surface area contributed by atoms with Crippen molar-refractivity contribution in [3.63, 3.8) is 0 Å². The molecule has 0 aromatic heterocycles. The smallest absolute Gasteiger partial charge is 0.329 e. The maximum atomic E-state index is 10.8. The second-order valence-electron chi connectivity index (χ2n) is 2.18. The first kappa shape index (κ1) is 16.7. The van der Waals surface area contributed by atoms with Crippen LogP contribution in [0, 0.1) is 41.7 Å². The van der Waals surface area contributed by atoms with E-state index >= 15 is 0 Å². The molecule has 0 fully saturated rings. The van der Waals surface area contributed by atoms with Crippen LogP contribution in [0.1, 0.15) is 19.8 Å². The molecule has 7 heteroatoms. The van der Waals surface area contributed by atoms with E-state index in [0.29, 0.717) is 19.7 Å². The Bertz CT molecular complexity index is 116. The molecule has 3 N–H and O–H groups in total. The Balaban J connectivity index is 0. The van der Waals surface area contributed by atoms with E-state index in [1.54, 1.807) is 0 Å². The molecule has 0 aliphatic heterocycles. The second kappa shape index (κ2) is 13.3. The van der Waals surface area contributed by atoms with Crippen LogP contribution in [0.2, 0.25) is 0 Å². The third kappa shape index (κ3) is 13.3. The molecule has 0 aliphatic rings. The molecule has 1 atom stereocenters. The van der Waals surface area contributed by atoms with Crippen LogP contribution in [0.4, 0.5) is 0 Å². The van der Waals surface area contributed by atoms with Crippen LogP contribution in [0.5, 0.6) is 0 Å². The number of nitrogens with one attached hydrogen (secondary N) is 1. The normalized spacial score (nSPS) is 10.8. The first-order chi connectivity index (χ1) is 5.81. The summed E-state index contributed by atoms with van der Waals surface area (Å²) in [5.74, 6) is 0. The van der Waals surface area contributed by atoms with Crippen LogP contribution in [0.15, 0.2) is 0 Å². The van der Waals surface area contributed by atoms with Crippen LogP contribution in [-0.4, -0.2) is 19.7 Å². The van der Waals surface area contributed by atoms with E-state index in [0.717, 1.165) is 12.8 Å². The molecule has 0 spiro atoms. The molecule has 0 aromatic rings. The van der Waals surface area contributed by atoms with Crippen molar-refractivity contribution in [2.24, 2.45) is 5.73 Å². The van der Waals surface area contributed by atoms with E-state index in [9.17, 15) is 4.57 Å². The van der Waals surface area contributed by atoms with Gasteiger partial charge in [-0.05, 0) is 11.0 Å². The van der Waals surface area contributed by atoms with E-state index in [1.807, 2.05) is 6.92 Å². The SMILES string of the molecule is CCCCO[P+](=O)ONCCN.[Ce]. The molecule has 0 bridgehead atoms. The molecule has 0 amide bonds. The third-order valence-corrected chi connectivity index (χ3v) is 1.75. The van der Waals surface area contributed by atoms with Crippen molar-refractivity contribution in [2.45, 2.75) is 19.8 Å². The van der Waals surface area contributed by atoms with Crippen molar-refractivity contribution in [3.05, 3.63) is 0 Å². The van der Waals surface area contributed by atoms with E-state index in [4.69, 9.17) is 10.3 Å². The number of nitrogens with two attached hydrogens (primary N) is 1. The number of hydrogen-bond acceptors (Lipinski definition) is 5. The van der Waals surface area contributed by atoms with Crippen LogP contribution in [-0.2, 0) is 13.7 Å². The molecule has 0 aromatic carbocycles. The number of unbranched alkanes of at least 4 members (excludes halogenated alkanes) is 1. The summed E-state index contributed by atoms with van der Waals surface area (Å²) in [7, 11) is -2.02. The van der Waals surface area contributed by atoms with Gasteiger partial charge < -0.3 is 5.73 Å². The Morgan fingerprint density at radius 2 is 2.23 bits per heavy atom. The summed E-state index contributed by atoms with van der Waals surface area (Å²) in [6, 6.07) is 0. The van der Waals surface area contributed by atoms with Crippen LogP contribution >= 0.6 is 8.25 Å². The van der Waals surface area contributed by atoms with Gasteiger partial charge in [0.05, 0.1) is 0 Å². The zero-order valence-corrected chi connectivity index (χ0v) is 11.8. The molecule has 0 saturated heterocycles. The Kier molecular flexibility index (Phi) is 17.1. The number of hydrogen-bond donors (Lipinski definition) is 2. The largest absolute Gasteiger partial charge is 0.716 e. The Labute approximate surface area is 113 Å². The summed E-state index contributed by atoms with van der Waals surface area (Å²) in [6.07, 6.45) is 1.90. The minimum atomic E-state index is -2.02. The molecule has 0 radical (unpaired) electrons. The van der Waals surface area contributed by atoms with Gasteiger partial charge in [-0.25, -0.2) is 0 Å². The van der Waals surface area contributed by atoms with E-state index in [1.165, 1.54) is 0 Å². The summed E-state index contributed by atoms with van der Waals surface area (Å²) in [5.41, 5.74) is 7.59. The minimum Gasteiger partial charge on any atom is -0.329 e. The Morgan fingerprint density at radius 1 is 1.54 bits per heavy atom. The Morgan fingerprint density at radius 3 is 2.77 bits per heavy atom. The third-order valence-electron chi connectivity index (χ3n) is 1.08. The maximum Gasteiger partial charge on any atom is 0.716 e. The molecule has 0 saturated carbocycles. The van der Waals surface area contributed by atoms with Gasteiger partial charge in [-0.3, -0.25) is 0 Å². The maximum absolute atomic E-state index is 10.8. The van der Waals surface area contributed by atoms with Gasteiger partial charge in [-0.2, -0.15) is 0 Å². The summed E-state index contributed by atoms with van der Waals surface area (Å²) in [4.78, 5) is 0. The standard InChI is InChI=1S/C6H16N2O3P.Ce/c1-2-3-6-10-12(9)11-8-5-4-7;/h8H,2-7H2,1H3;/q+1;. The van der Waals surface area contributed by atoms with Gasteiger partial charge in [0, 0.05) is 59.4 Å². The van der Waals surface area contributed by atoms with E-state index in [2.05, 4.69) is 10.1 Å². The van der Waals surface area contributed by atoms with Crippen molar-refractivity contribution in [1.29, 1.82) is 0 Å². The van der Waals surface area contributed by atoms with Gasteiger partial charge in [-0.15, -0.1) is 10.0 Å². The summed E-state index contributed by atoms with van der Waals surface area (Å²) < 4.78 is 20.2. The summed E-state index contributed by atoms with van der Waals surface area (Å²) >= 11 is 0. The summed E-state index contributed by atoms with van der Waals surface area (Å²) in [6.45, 7) is 3.41. The summed E-state index contributed by atoms with van der Waals surface area (Å²) in [5, 5.41) is 0. The Hall–Kier alpha value is 1.32. The van der Waals surface area contributed by atoms with Crippen molar-refractivity contribution in [1.82, 2.24) is 5.48 Å². The van der Waals surface area contributed by atoms with Crippen molar-refractivity contribution in [3.8, 4) is 0 Å². The molecule has 5 nitrogen and oxygen atoms in total. The molecule has 13 heavy (non-hydrogen) atoms. The average Bonchev–Trinajstić information content (AvgIpc) is 2.06. The van der Waals surface area contributed by atoms with E-state index < -0.39 is 8.25 Å². The molecular weight excluding hydrogens is 319 g/mol. The van der Waals surface area contributed by atoms with E-state index in [-0.39, 0.29) is 41.7 Å². The zero-order valence-electron chi connectivity index (χ0n) is 7.78. The van der Waals surface area contributed by atoms with Gasteiger partial charge in [0.25, 0.3) is 0 Å². The fraction of sp³-hybridized carbons (Fsp3) is 1.00. The predicted octanol–water partition coefficient (Wildman–Crippen LogP) is 0.940. The fourth-order valence-corrected chi connectivity index (χ4v) is 0.995. The first-order valence-corrected chi connectivity index (χ1v) is 5.10. The number of rotatable bonds is 8. The first-order valence-electron chi connectivity index (χ1n) is 4.01. The number of hydroxylamine groups is 1. The topological polar surface area (TPSA) is 73.6 Å². The molecule has 0 heterocycles. The van der Waals surface area contributed by atoms with Gasteiger partial charge in [0.1, 0.15) is 6.61 Å². The monoisotopic (exact) mass is 335 g/mol. The molecule has 1 unspecified atom stereocenters. The van der Waals surface area contributed by atoms with Crippen molar-refractivity contribution >= 4 is 8.25 Å². The molecule has 0 rings (SSSR count). The second-order valence-corrected chi connectivity index (χ2v) is 3.07. The van der Waals surface area contributed by atoms with Crippen LogP contribution in [0.25, 0.3) is 0 Å². The molecular formula is C6H16CeN2O3P+. The van der Waals surface area contributed by atoms with Crippen LogP contribution < -0.4 is 11.2 Å². The van der Waals surface area contributed by atoms with Gasteiger partial charge in [0.15, 0.2) is 0 Å². The van der Waals surface area contributed by atoms with Crippen LogP contribution in [0.3, 0.4) is 0 Å². The minimum absolute atomic E-state index is 0.